The van der Waals surface area contributed by atoms with E-state index in [4.69, 9.17) is 7.85 Å². The summed E-state index contributed by atoms with van der Waals surface area (Å²) in [6.45, 7) is 0.927. The summed E-state index contributed by atoms with van der Waals surface area (Å²) in [5.74, 6) is 0. The number of anilines is 1. The van der Waals surface area contributed by atoms with Gasteiger partial charge in [-0.05, 0) is 17.0 Å². The molecule has 0 saturated carbocycles. The smallest absolute Gasteiger partial charge is 0.114 e. The van der Waals surface area contributed by atoms with E-state index >= 15 is 0 Å². The van der Waals surface area contributed by atoms with Crippen molar-refractivity contribution in [3.63, 3.8) is 0 Å². The van der Waals surface area contributed by atoms with Crippen LogP contribution >= 0.6 is 0 Å². The third kappa shape index (κ3) is 0.830. The van der Waals surface area contributed by atoms with Crippen LogP contribution in [0.2, 0.25) is 0 Å². The molecule has 0 amide bonds. The lowest BCUT2D eigenvalue weighted by Crippen LogP contribution is -2.02. The molecule has 60 valence electrons. The summed E-state index contributed by atoms with van der Waals surface area (Å²) in [7, 11) is 5.89. The maximum absolute atomic E-state index is 5.89. The molecule has 0 aromatic heterocycles. The van der Waals surface area contributed by atoms with Gasteiger partial charge in [-0.2, -0.15) is 0 Å². The summed E-state index contributed by atoms with van der Waals surface area (Å²) >= 11 is 0. The Morgan fingerprint density at radius 2 is 2.08 bits per heavy atom. The summed E-state index contributed by atoms with van der Waals surface area (Å²) in [6.07, 6.45) is 0. The Balaban J connectivity index is 2.58. The molecule has 2 aromatic rings. The predicted molar refractivity (Wildman–Crippen MR) is 56.7 cm³/mol. The third-order valence-corrected chi connectivity index (χ3v) is 2.63. The van der Waals surface area contributed by atoms with E-state index in [1.54, 1.807) is 0 Å². The van der Waals surface area contributed by atoms with Crippen LogP contribution in [0, 0.1) is 0 Å². The standard InChI is InChI=1S/C11H8BN/c12-9-4-5-10-11-7(6-13-10)2-1-3-8(9)11/h1-5,13H,6H2. The van der Waals surface area contributed by atoms with E-state index in [2.05, 4.69) is 23.5 Å². The van der Waals surface area contributed by atoms with Crippen LogP contribution in [0.3, 0.4) is 0 Å². The monoisotopic (exact) mass is 165 g/mol. The molecular formula is C11H8BN. The molecule has 0 saturated heterocycles. The Labute approximate surface area is 78.2 Å². The van der Waals surface area contributed by atoms with Crippen molar-refractivity contribution in [3.8, 4) is 0 Å². The second-order valence-corrected chi connectivity index (χ2v) is 3.40. The lowest BCUT2D eigenvalue weighted by Gasteiger charge is -2.03. The van der Waals surface area contributed by atoms with Crippen LogP contribution in [0.15, 0.2) is 30.3 Å². The molecule has 3 rings (SSSR count). The van der Waals surface area contributed by atoms with Gasteiger partial charge < -0.3 is 5.32 Å². The molecule has 1 aliphatic rings. The molecule has 1 aliphatic heterocycles. The Morgan fingerprint density at radius 1 is 1.15 bits per heavy atom. The Bertz CT molecular complexity index is 480. The molecule has 0 unspecified atom stereocenters. The fourth-order valence-corrected chi connectivity index (χ4v) is 1.99. The minimum Gasteiger partial charge on any atom is -0.380 e. The molecule has 0 aliphatic carbocycles. The SMILES string of the molecule is [B]c1ccc2c3c(cccc13)CN2. The van der Waals surface area contributed by atoms with E-state index in [0.29, 0.717) is 0 Å². The molecule has 13 heavy (non-hydrogen) atoms. The van der Waals surface area contributed by atoms with E-state index in [1.807, 2.05) is 12.1 Å². The van der Waals surface area contributed by atoms with Crippen molar-refractivity contribution >= 4 is 29.8 Å². The average Bonchev–Trinajstić information content (AvgIpc) is 2.57. The largest absolute Gasteiger partial charge is 0.380 e. The molecule has 1 heterocycles. The first-order valence-corrected chi connectivity index (χ1v) is 4.40. The second kappa shape index (κ2) is 2.29. The zero-order chi connectivity index (χ0) is 8.84. The van der Waals surface area contributed by atoms with Gasteiger partial charge in [0.25, 0.3) is 0 Å². The highest BCUT2D eigenvalue weighted by atomic mass is 14.9. The van der Waals surface area contributed by atoms with Crippen LogP contribution in [0.5, 0.6) is 0 Å². The van der Waals surface area contributed by atoms with E-state index in [1.165, 1.54) is 22.0 Å². The quantitative estimate of drug-likeness (QED) is 0.584. The molecule has 2 heteroatoms. The fourth-order valence-electron chi connectivity index (χ4n) is 1.99. The van der Waals surface area contributed by atoms with Crippen molar-refractivity contribution in [2.24, 2.45) is 0 Å². The third-order valence-electron chi connectivity index (χ3n) is 2.63. The lowest BCUT2D eigenvalue weighted by atomic mass is 9.89. The summed E-state index contributed by atoms with van der Waals surface area (Å²) in [6, 6.07) is 10.3. The highest BCUT2D eigenvalue weighted by molar-refractivity contribution is 6.39. The van der Waals surface area contributed by atoms with E-state index in [9.17, 15) is 0 Å². The Hall–Kier alpha value is -1.44. The van der Waals surface area contributed by atoms with Crippen molar-refractivity contribution in [1.29, 1.82) is 0 Å². The van der Waals surface area contributed by atoms with E-state index in [0.717, 1.165) is 12.0 Å². The zero-order valence-electron chi connectivity index (χ0n) is 7.17. The molecule has 0 fully saturated rings. The number of hydrogen-bond acceptors (Lipinski definition) is 1. The van der Waals surface area contributed by atoms with Crippen LogP contribution in [-0.2, 0) is 6.54 Å². The first-order valence-electron chi connectivity index (χ1n) is 4.40. The van der Waals surface area contributed by atoms with Gasteiger partial charge >= 0.3 is 0 Å². The highest BCUT2D eigenvalue weighted by Crippen LogP contribution is 2.31. The van der Waals surface area contributed by atoms with Crippen molar-refractivity contribution in [2.75, 3.05) is 5.32 Å². The lowest BCUT2D eigenvalue weighted by molar-refractivity contribution is 1.22. The van der Waals surface area contributed by atoms with Gasteiger partial charge in [0.05, 0.1) is 0 Å². The number of hydrogen-bond donors (Lipinski definition) is 1. The normalized spacial score (nSPS) is 13.2. The molecule has 1 nitrogen and oxygen atoms in total. The van der Waals surface area contributed by atoms with Gasteiger partial charge in [0.1, 0.15) is 7.85 Å². The minimum absolute atomic E-state index is 0.865. The molecular weight excluding hydrogens is 157 g/mol. The van der Waals surface area contributed by atoms with Gasteiger partial charge in [-0.25, -0.2) is 0 Å². The highest BCUT2D eigenvalue weighted by Gasteiger charge is 2.12. The van der Waals surface area contributed by atoms with Gasteiger partial charge in [0, 0.05) is 17.6 Å². The molecule has 1 N–H and O–H groups in total. The van der Waals surface area contributed by atoms with Crippen molar-refractivity contribution in [1.82, 2.24) is 0 Å². The fraction of sp³-hybridized carbons (Fsp3) is 0.0909. The van der Waals surface area contributed by atoms with E-state index in [-0.39, 0.29) is 0 Å². The van der Waals surface area contributed by atoms with Gasteiger partial charge in [0.15, 0.2) is 0 Å². The van der Waals surface area contributed by atoms with Crippen molar-refractivity contribution < 1.29 is 0 Å². The maximum atomic E-state index is 5.89. The van der Waals surface area contributed by atoms with E-state index < -0.39 is 0 Å². The van der Waals surface area contributed by atoms with Crippen LogP contribution in [0.25, 0.3) is 10.8 Å². The first kappa shape index (κ1) is 7.02. The summed E-state index contributed by atoms with van der Waals surface area (Å²) in [5, 5.41) is 5.81. The second-order valence-electron chi connectivity index (χ2n) is 3.40. The first-order chi connectivity index (χ1) is 6.36. The number of rotatable bonds is 0. The number of benzene rings is 2. The van der Waals surface area contributed by atoms with Crippen LogP contribution in [-0.4, -0.2) is 7.85 Å². The van der Waals surface area contributed by atoms with Crippen molar-refractivity contribution in [2.45, 2.75) is 6.54 Å². The van der Waals surface area contributed by atoms with Gasteiger partial charge in [0.2, 0.25) is 0 Å². The minimum atomic E-state index is 0.865. The van der Waals surface area contributed by atoms with Gasteiger partial charge in [-0.3, -0.25) is 0 Å². The zero-order valence-corrected chi connectivity index (χ0v) is 7.17. The van der Waals surface area contributed by atoms with Crippen LogP contribution in [0.1, 0.15) is 5.56 Å². The van der Waals surface area contributed by atoms with Crippen LogP contribution in [0.4, 0.5) is 5.69 Å². The summed E-state index contributed by atoms with van der Waals surface area (Å²) < 4.78 is 0. The molecule has 0 atom stereocenters. The van der Waals surface area contributed by atoms with Crippen molar-refractivity contribution in [3.05, 3.63) is 35.9 Å². The predicted octanol–water partition coefficient (Wildman–Crippen LogP) is 1.56. The Morgan fingerprint density at radius 3 is 3.00 bits per heavy atom. The topological polar surface area (TPSA) is 12.0 Å². The molecule has 0 spiro atoms. The maximum Gasteiger partial charge on any atom is 0.114 e. The van der Waals surface area contributed by atoms with Crippen LogP contribution < -0.4 is 10.8 Å². The summed E-state index contributed by atoms with van der Waals surface area (Å²) in [4.78, 5) is 0. The summed E-state index contributed by atoms with van der Waals surface area (Å²) in [5.41, 5.74) is 3.42. The number of nitrogens with one attached hydrogen (secondary N) is 1. The van der Waals surface area contributed by atoms with Gasteiger partial charge in [-0.1, -0.05) is 29.7 Å². The Kier molecular flexibility index (Phi) is 1.23. The molecule has 0 bridgehead atoms. The van der Waals surface area contributed by atoms with Gasteiger partial charge in [-0.15, -0.1) is 0 Å². The average molecular weight is 165 g/mol. The molecule has 2 radical (unpaired) electrons. The molecule has 2 aromatic carbocycles.